The van der Waals surface area contributed by atoms with Crippen molar-refractivity contribution in [3.63, 3.8) is 0 Å². The number of hydrogen-bond acceptors (Lipinski definition) is 2. The third kappa shape index (κ3) is 5.39. The van der Waals surface area contributed by atoms with E-state index in [0.717, 1.165) is 24.6 Å². The maximum absolute atomic E-state index is 13.3. The molecule has 2 aromatic rings. The summed E-state index contributed by atoms with van der Waals surface area (Å²) in [5.74, 6) is 0.988. The largest absolute Gasteiger partial charge is 0.356 e. The molecule has 1 heterocycles. The molecule has 0 aliphatic carbocycles. The highest BCUT2D eigenvalue weighted by molar-refractivity contribution is 5.79. The standard InChI is InChI=1S/C17H24FN5/c1-14(12-23-9-5-8-21-23)11-20-17(19-2)22(3)13-15-6-4-7-16(18)10-15/h4-10,14H,11-13H2,1-3H3,(H,19,20). The van der Waals surface area contributed by atoms with Crippen LogP contribution in [0.4, 0.5) is 4.39 Å². The van der Waals surface area contributed by atoms with Crippen molar-refractivity contribution in [2.24, 2.45) is 10.9 Å². The Labute approximate surface area is 136 Å². The van der Waals surface area contributed by atoms with Crippen LogP contribution in [0.25, 0.3) is 0 Å². The zero-order valence-electron chi connectivity index (χ0n) is 13.9. The fraction of sp³-hybridized carbons (Fsp3) is 0.412. The lowest BCUT2D eigenvalue weighted by Crippen LogP contribution is -2.40. The monoisotopic (exact) mass is 317 g/mol. The van der Waals surface area contributed by atoms with E-state index in [-0.39, 0.29) is 5.82 Å². The molecule has 1 aromatic carbocycles. The molecule has 0 amide bonds. The van der Waals surface area contributed by atoms with E-state index in [1.165, 1.54) is 6.07 Å². The Morgan fingerprint density at radius 3 is 2.91 bits per heavy atom. The number of nitrogens with one attached hydrogen (secondary N) is 1. The van der Waals surface area contributed by atoms with E-state index in [1.807, 2.05) is 35.0 Å². The van der Waals surface area contributed by atoms with Crippen LogP contribution in [0.5, 0.6) is 0 Å². The van der Waals surface area contributed by atoms with Gasteiger partial charge in [-0.3, -0.25) is 9.67 Å². The molecule has 0 aliphatic heterocycles. The summed E-state index contributed by atoms with van der Waals surface area (Å²) in [7, 11) is 3.70. The molecule has 0 bridgehead atoms. The molecule has 1 aromatic heterocycles. The van der Waals surface area contributed by atoms with Crippen LogP contribution in [-0.4, -0.2) is 41.3 Å². The highest BCUT2D eigenvalue weighted by Gasteiger charge is 2.09. The summed E-state index contributed by atoms with van der Waals surface area (Å²) in [6, 6.07) is 8.55. The van der Waals surface area contributed by atoms with Crippen LogP contribution < -0.4 is 5.32 Å². The first kappa shape index (κ1) is 17.0. The predicted molar refractivity (Wildman–Crippen MR) is 90.6 cm³/mol. The first-order valence-electron chi connectivity index (χ1n) is 7.72. The molecule has 124 valence electrons. The second-order valence-corrected chi connectivity index (χ2v) is 5.75. The SMILES string of the molecule is CN=C(NCC(C)Cn1cccn1)N(C)Cc1cccc(F)c1. The van der Waals surface area contributed by atoms with Crippen LogP contribution >= 0.6 is 0 Å². The second-order valence-electron chi connectivity index (χ2n) is 5.75. The Hall–Kier alpha value is -2.37. The molecule has 0 saturated carbocycles. The third-order valence-electron chi connectivity index (χ3n) is 3.55. The Morgan fingerprint density at radius 2 is 2.26 bits per heavy atom. The van der Waals surface area contributed by atoms with E-state index in [2.05, 4.69) is 22.3 Å². The molecule has 2 rings (SSSR count). The number of rotatable bonds is 6. The number of guanidine groups is 1. The minimum atomic E-state index is -0.216. The third-order valence-corrected chi connectivity index (χ3v) is 3.55. The van der Waals surface area contributed by atoms with E-state index in [1.54, 1.807) is 25.4 Å². The molecule has 23 heavy (non-hydrogen) atoms. The van der Waals surface area contributed by atoms with Gasteiger partial charge in [-0.1, -0.05) is 19.1 Å². The molecule has 1 unspecified atom stereocenters. The van der Waals surface area contributed by atoms with E-state index in [9.17, 15) is 4.39 Å². The van der Waals surface area contributed by atoms with Gasteiger partial charge >= 0.3 is 0 Å². The minimum Gasteiger partial charge on any atom is -0.356 e. The maximum atomic E-state index is 13.3. The molecule has 0 spiro atoms. The van der Waals surface area contributed by atoms with Crippen LogP contribution in [-0.2, 0) is 13.1 Å². The average molecular weight is 317 g/mol. The normalized spacial score (nSPS) is 13.0. The molecule has 5 nitrogen and oxygen atoms in total. The summed E-state index contributed by atoms with van der Waals surface area (Å²) < 4.78 is 15.2. The van der Waals surface area contributed by atoms with Gasteiger partial charge in [-0.2, -0.15) is 5.10 Å². The average Bonchev–Trinajstić information content (AvgIpc) is 3.00. The lowest BCUT2D eigenvalue weighted by Gasteiger charge is -2.23. The number of hydrogen-bond donors (Lipinski definition) is 1. The van der Waals surface area contributed by atoms with Gasteiger partial charge in [0.2, 0.25) is 0 Å². The molecule has 1 N–H and O–H groups in total. The molecular formula is C17H24FN5. The zero-order valence-corrected chi connectivity index (χ0v) is 13.9. The Balaban J connectivity index is 1.84. The minimum absolute atomic E-state index is 0.216. The van der Waals surface area contributed by atoms with Gasteiger partial charge in [0, 0.05) is 46.1 Å². The van der Waals surface area contributed by atoms with Crippen molar-refractivity contribution < 1.29 is 4.39 Å². The van der Waals surface area contributed by atoms with Gasteiger partial charge < -0.3 is 10.2 Å². The summed E-state index contributed by atoms with van der Waals surface area (Å²) in [6.07, 6.45) is 3.74. The predicted octanol–water partition coefficient (Wildman–Crippen LogP) is 2.37. The number of aliphatic imine (C=N–C) groups is 1. The van der Waals surface area contributed by atoms with Crippen molar-refractivity contribution in [3.05, 3.63) is 54.1 Å². The van der Waals surface area contributed by atoms with Gasteiger partial charge in [-0.25, -0.2) is 4.39 Å². The van der Waals surface area contributed by atoms with Crippen molar-refractivity contribution in [2.45, 2.75) is 20.0 Å². The zero-order chi connectivity index (χ0) is 16.7. The highest BCUT2D eigenvalue weighted by atomic mass is 19.1. The number of nitrogens with zero attached hydrogens (tertiary/aromatic N) is 4. The topological polar surface area (TPSA) is 45.5 Å². The number of benzene rings is 1. The van der Waals surface area contributed by atoms with Gasteiger partial charge in [0.15, 0.2) is 5.96 Å². The first-order chi connectivity index (χ1) is 11.1. The summed E-state index contributed by atoms with van der Waals surface area (Å²) in [6.45, 7) is 4.41. The number of halogens is 1. The number of aromatic nitrogens is 2. The first-order valence-corrected chi connectivity index (χ1v) is 7.72. The van der Waals surface area contributed by atoms with Crippen molar-refractivity contribution >= 4 is 5.96 Å². The summed E-state index contributed by atoms with van der Waals surface area (Å²) in [4.78, 5) is 6.27. The molecular weight excluding hydrogens is 293 g/mol. The Bertz CT molecular complexity index is 624. The van der Waals surface area contributed by atoms with Crippen LogP contribution in [0.15, 0.2) is 47.7 Å². The van der Waals surface area contributed by atoms with E-state index in [0.29, 0.717) is 12.5 Å². The fourth-order valence-electron chi connectivity index (χ4n) is 2.43. The Kier molecular flexibility index (Phi) is 6.14. The van der Waals surface area contributed by atoms with Gasteiger partial charge in [0.1, 0.15) is 5.82 Å². The van der Waals surface area contributed by atoms with Crippen LogP contribution in [0.2, 0.25) is 0 Å². The highest BCUT2D eigenvalue weighted by Crippen LogP contribution is 2.06. The van der Waals surface area contributed by atoms with Crippen LogP contribution in [0.1, 0.15) is 12.5 Å². The van der Waals surface area contributed by atoms with Gasteiger partial charge in [-0.15, -0.1) is 0 Å². The van der Waals surface area contributed by atoms with E-state index in [4.69, 9.17) is 0 Å². The van der Waals surface area contributed by atoms with Crippen LogP contribution in [0, 0.1) is 11.7 Å². The lowest BCUT2D eigenvalue weighted by molar-refractivity contribution is 0.423. The quantitative estimate of drug-likeness (QED) is 0.657. The molecule has 0 radical (unpaired) electrons. The van der Waals surface area contributed by atoms with Crippen molar-refractivity contribution in [1.29, 1.82) is 0 Å². The molecule has 0 fully saturated rings. The summed E-state index contributed by atoms with van der Waals surface area (Å²) in [5, 5.41) is 7.57. The van der Waals surface area contributed by atoms with Gasteiger partial charge in [-0.05, 0) is 29.7 Å². The molecule has 1 atom stereocenters. The van der Waals surface area contributed by atoms with Crippen molar-refractivity contribution in [3.8, 4) is 0 Å². The van der Waals surface area contributed by atoms with Crippen LogP contribution in [0.3, 0.4) is 0 Å². The van der Waals surface area contributed by atoms with Crippen molar-refractivity contribution in [2.75, 3.05) is 20.6 Å². The summed E-state index contributed by atoms with van der Waals surface area (Å²) >= 11 is 0. The molecule has 0 aliphatic rings. The lowest BCUT2D eigenvalue weighted by atomic mass is 10.2. The molecule has 0 saturated heterocycles. The smallest absolute Gasteiger partial charge is 0.193 e. The van der Waals surface area contributed by atoms with E-state index >= 15 is 0 Å². The van der Waals surface area contributed by atoms with Gasteiger partial charge in [0.25, 0.3) is 0 Å². The fourth-order valence-corrected chi connectivity index (χ4v) is 2.43. The second kappa shape index (κ2) is 8.31. The summed E-state index contributed by atoms with van der Waals surface area (Å²) in [5.41, 5.74) is 0.917. The molecule has 6 heteroatoms. The van der Waals surface area contributed by atoms with Gasteiger partial charge in [0.05, 0.1) is 0 Å². The van der Waals surface area contributed by atoms with Crippen molar-refractivity contribution in [1.82, 2.24) is 20.0 Å². The van der Waals surface area contributed by atoms with E-state index < -0.39 is 0 Å². The maximum Gasteiger partial charge on any atom is 0.193 e. The Morgan fingerprint density at radius 1 is 1.43 bits per heavy atom.